The van der Waals surface area contributed by atoms with Crippen molar-refractivity contribution in [1.82, 2.24) is 40.4 Å². The molecular formula is C43H51N9O3S2. The van der Waals surface area contributed by atoms with E-state index >= 15 is 0 Å². The smallest absolute Gasteiger partial charge is 0.237 e. The molecule has 0 N–H and O–H groups in total. The second kappa shape index (κ2) is 19.6. The highest BCUT2D eigenvalue weighted by Gasteiger charge is 2.51. The van der Waals surface area contributed by atoms with E-state index in [4.69, 9.17) is 0 Å². The molecule has 2 amide bonds. The van der Waals surface area contributed by atoms with E-state index in [1.54, 1.807) is 21.5 Å². The number of para-hydroxylation sites is 2. The summed E-state index contributed by atoms with van der Waals surface area (Å²) >= 11 is 2.48. The second-order valence-electron chi connectivity index (χ2n) is 15.1. The number of fused-ring (bicyclic) bond motifs is 1. The van der Waals surface area contributed by atoms with Crippen molar-refractivity contribution < 1.29 is 14.4 Å². The van der Waals surface area contributed by atoms with Crippen LogP contribution in [-0.4, -0.2) is 62.1 Å². The lowest BCUT2D eigenvalue weighted by molar-refractivity contribution is -0.122. The first-order valence-corrected chi connectivity index (χ1v) is 22.2. The van der Waals surface area contributed by atoms with E-state index in [9.17, 15) is 14.4 Å². The van der Waals surface area contributed by atoms with Gasteiger partial charge < -0.3 is 0 Å². The number of anilines is 1. The van der Waals surface area contributed by atoms with Crippen molar-refractivity contribution in [2.45, 2.75) is 130 Å². The first-order valence-electron chi connectivity index (χ1n) is 20.6. The van der Waals surface area contributed by atoms with E-state index < -0.39 is 4.08 Å². The van der Waals surface area contributed by atoms with Gasteiger partial charge in [-0.05, 0) is 69.2 Å². The zero-order valence-electron chi connectivity index (χ0n) is 32.7. The monoisotopic (exact) mass is 805 g/mol. The number of imide groups is 1. The summed E-state index contributed by atoms with van der Waals surface area (Å²) < 4.78 is 2.00. The van der Waals surface area contributed by atoms with Crippen LogP contribution in [0.3, 0.4) is 0 Å². The molecule has 57 heavy (non-hydrogen) atoms. The highest BCUT2D eigenvalue weighted by atomic mass is 32.2. The normalized spacial score (nSPS) is 16.2. The SMILES string of the molecule is CCCCCCCCCCCCCCCC[C@H]1CC(=O)N(c2ccc3c(c2)C(=O)C(Sc2nnnn2-c2ccccc2)(Sc2nnnn2-c2ccccc2)C3)C1=O. The molecule has 298 valence electrons. The molecule has 1 aliphatic carbocycles. The topological polar surface area (TPSA) is 142 Å². The fourth-order valence-electron chi connectivity index (χ4n) is 7.81. The van der Waals surface area contributed by atoms with Crippen LogP contribution in [0.4, 0.5) is 5.69 Å². The third kappa shape index (κ3) is 9.72. The molecule has 1 saturated heterocycles. The summed E-state index contributed by atoms with van der Waals surface area (Å²) in [4.78, 5) is 43.2. The molecule has 0 spiro atoms. The Kier molecular flexibility index (Phi) is 14.0. The Bertz CT molecular complexity index is 2030. The summed E-state index contributed by atoms with van der Waals surface area (Å²) in [7, 11) is 0. The van der Waals surface area contributed by atoms with Crippen molar-refractivity contribution in [3.05, 3.63) is 90.0 Å². The molecule has 2 aromatic heterocycles. The number of aromatic nitrogens is 8. The summed E-state index contributed by atoms with van der Waals surface area (Å²) in [6, 6.07) is 24.3. The first-order chi connectivity index (χ1) is 28.0. The molecule has 0 saturated carbocycles. The Morgan fingerprint density at radius 2 is 1.14 bits per heavy atom. The zero-order valence-corrected chi connectivity index (χ0v) is 34.3. The predicted molar refractivity (Wildman–Crippen MR) is 223 cm³/mol. The van der Waals surface area contributed by atoms with Gasteiger partial charge in [-0.2, -0.15) is 9.36 Å². The Labute approximate surface area is 342 Å². The molecule has 1 atom stereocenters. The number of carbonyl (C=O) groups is 3. The predicted octanol–water partition coefficient (Wildman–Crippen LogP) is 9.41. The molecular weight excluding hydrogens is 755 g/mol. The minimum atomic E-state index is -1.21. The molecule has 1 fully saturated rings. The van der Waals surface area contributed by atoms with E-state index in [1.807, 2.05) is 66.7 Å². The Hall–Kier alpha value is -4.69. The number of thioether (sulfide) groups is 2. The molecule has 5 aromatic rings. The number of nitrogens with zero attached hydrogens (tertiary/aromatic N) is 9. The quantitative estimate of drug-likeness (QED) is 0.0375. The van der Waals surface area contributed by atoms with Crippen LogP contribution in [0, 0.1) is 5.92 Å². The van der Waals surface area contributed by atoms with Crippen molar-refractivity contribution in [2.75, 3.05) is 4.90 Å². The van der Waals surface area contributed by atoms with E-state index in [2.05, 4.69) is 38.0 Å². The second-order valence-corrected chi connectivity index (χ2v) is 17.9. The molecule has 2 aliphatic rings. The summed E-state index contributed by atoms with van der Waals surface area (Å²) in [6.45, 7) is 2.26. The zero-order chi connectivity index (χ0) is 39.5. The van der Waals surface area contributed by atoms with Gasteiger partial charge in [-0.25, -0.2) is 0 Å². The van der Waals surface area contributed by atoms with Crippen molar-refractivity contribution in [2.24, 2.45) is 5.92 Å². The highest BCUT2D eigenvalue weighted by molar-refractivity contribution is 8.19. The fraction of sp³-hybridized carbons (Fsp3) is 0.465. The Morgan fingerprint density at radius 1 is 0.632 bits per heavy atom. The Balaban J connectivity index is 0.999. The highest BCUT2D eigenvalue weighted by Crippen LogP contribution is 2.53. The van der Waals surface area contributed by atoms with Gasteiger partial charge in [0.1, 0.15) is 4.08 Å². The number of benzene rings is 3. The maximum atomic E-state index is 14.8. The molecule has 3 heterocycles. The van der Waals surface area contributed by atoms with E-state index in [1.165, 1.54) is 99.1 Å². The fourth-order valence-corrected chi connectivity index (χ4v) is 10.5. The maximum Gasteiger partial charge on any atom is 0.237 e. The number of tetrazole rings is 2. The van der Waals surface area contributed by atoms with Gasteiger partial charge in [0.2, 0.25) is 22.1 Å². The number of carbonyl (C=O) groups excluding carboxylic acids is 3. The summed E-state index contributed by atoms with van der Waals surface area (Å²) in [6.07, 6.45) is 19.0. The van der Waals surface area contributed by atoms with Crippen LogP contribution in [0.1, 0.15) is 126 Å². The minimum absolute atomic E-state index is 0.181. The standard InChI is InChI=1S/C43H51N9O3S2/c1-2-3-4-5-6-7-8-9-10-11-12-13-14-17-22-32-29-38(53)50(40(32)55)36-28-27-33-31-43(39(54)37(33)30-36,56-41-44-46-48-51(41)34-23-18-15-19-24-34)57-42-45-47-49-52(42)35-25-20-16-21-26-35/h15-16,18-21,23-28,30,32H,2-14,17,22,29,31H2,1H3/t32-/m0/s1. The average Bonchev–Trinajstić information content (AvgIpc) is 4.01. The van der Waals surface area contributed by atoms with Crippen LogP contribution in [-0.2, 0) is 16.0 Å². The molecule has 14 heteroatoms. The van der Waals surface area contributed by atoms with E-state index in [-0.39, 0.29) is 29.9 Å². The van der Waals surface area contributed by atoms with Crippen LogP contribution >= 0.6 is 23.5 Å². The van der Waals surface area contributed by atoms with Gasteiger partial charge in [0, 0.05) is 24.3 Å². The van der Waals surface area contributed by atoms with Crippen LogP contribution in [0.15, 0.2) is 89.2 Å². The van der Waals surface area contributed by atoms with Crippen LogP contribution in [0.25, 0.3) is 11.4 Å². The third-order valence-electron chi connectivity index (χ3n) is 10.9. The minimum Gasteiger partial charge on any atom is -0.292 e. The first kappa shape index (κ1) is 40.5. The van der Waals surface area contributed by atoms with Gasteiger partial charge in [-0.1, -0.05) is 163 Å². The lowest BCUT2D eigenvalue weighted by Gasteiger charge is -2.24. The maximum absolute atomic E-state index is 14.8. The van der Waals surface area contributed by atoms with Gasteiger partial charge in [-0.15, -0.1) is 10.2 Å². The summed E-state index contributed by atoms with van der Waals surface area (Å²) in [5.41, 5.74) is 3.16. The van der Waals surface area contributed by atoms with Gasteiger partial charge in [0.25, 0.3) is 0 Å². The van der Waals surface area contributed by atoms with Crippen LogP contribution in [0.2, 0.25) is 0 Å². The molecule has 1 aliphatic heterocycles. The van der Waals surface area contributed by atoms with Crippen molar-refractivity contribution in [3.63, 3.8) is 0 Å². The van der Waals surface area contributed by atoms with Gasteiger partial charge in [0.05, 0.1) is 17.1 Å². The van der Waals surface area contributed by atoms with E-state index in [0.29, 0.717) is 34.4 Å². The largest absolute Gasteiger partial charge is 0.292 e. The Morgan fingerprint density at radius 3 is 1.67 bits per heavy atom. The third-order valence-corrected chi connectivity index (χ3v) is 13.6. The number of Topliss-reactive ketones (excluding diaryl/α,β-unsaturated/α-hetero) is 1. The number of hydrogen-bond acceptors (Lipinski definition) is 11. The van der Waals surface area contributed by atoms with Crippen molar-refractivity contribution in [3.8, 4) is 11.4 Å². The molecule has 0 radical (unpaired) electrons. The van der Waals surface area contributed by atoms with Crippen molar-refractivity contribution in [1.29, 1.82) is 0 Å². The van der Waals surface area contributed by atoms with Crippen LogP contribution < -0.4 is 4.90 Å². The van der Waals surface area contributed by atoms with Gasteiger partial charge >= 0.3 is 0 Å². The number of amides is 2. The average molecular weight is 806 g/mol. The summed E-state index contributed by atoms with van der Waals surface area (Å²) in [5, 5.41) is 25.9. The summed E-state index contributed by atoms with van der Waals surface area (Å²) in [5.74, 6) is -0.936. The van der Waals surface area contributed by atoms with Gasteiger partial charge in [-0.3, -0.25) is 19.3 Å². The lowest BCUT2D eigenvalue weighted by atomic mass is 9.98. The number of unbranched alkanes of at least 4 members (excludes halogenated alkanes) is 13. The molecule has 3 aromatic carbocycles. The molecule has 0 unspecified atom stereocenters. The molecule has 0 bridgehead atoms. The number of rotatable bonds is 22. The van der Waals surface area contributed by atoms with Crippen molar-refractivity contribution >= 4 is 46.8 Å². The molecule has 7 rings (SSSR count). The van der Waals surface area contributed by atoms with Crippen LogP contribution in [0.5, 0.6) is 0 Å². The number of hydrogen-bond donors (Lipinski definition) is 0. The molecule has 12 nitrogen and oxygen atoms in total. The number of ketones is 1. The van der Waals surface area contributed by atoms with E-state index in [0.717, 1.165) is 36.2 Å². The lowest BCUT2D eigenvalue weighted by Crippen LogP contribution is -2.31. The van der Waals surface area contributed by atoms with Gasteiger partial charge in [0.15, 0.2) is 5.78 Å².